The summed E-state index contributed by atoms with van der Waals surface area (Å²) >= 11 is 0. The first-order valence-electron chi connectivity index (χ1n) is 8.56. The van der Waals surface area contributed by atoms with Gasteiger partial charge < -0.3 is 24.4 Å². The summed E-state index contributed by atoms with van der Waals surface area (Å²) in [6, 6.07) is 9.34. The Kier molecular flexibility index (Phi) is 6.83. The van der Waals surface area contributed by atoms with Crippen molar-refractivity contribution in [1.82, 2.24) is 24.6 Å². The van der Waals surface area contributed by atoms with E-state index in [0.717, 1.165) is 5.56 Å². The highest BCUT2D eigenvalue weighted by Gasteiger charge is 2.23. The minimum atomic E-state index is -3.34. The summed E-state index contributed by atoms with van der Waals surface area (Å²) < 4.78 is 25.7. The Balaban J connectivity index is 1.54. The van der Waals surface area contributed by atoms with Gasteiger partial charge in [0.1, 0.15) is 24.5 Å². The van der Waals surface area contributed by atoms with E-state index < -0.39 is 7.52 Å². The molecule has 0 spiro atoms. The number of carbonyl (C=O) groups excluding carboxylic acids is 1. The fraction of sp³-hybridized carbons (Fsp3) is 0.294. The molecule has 0 radical (unpaired) electrons. The Morgan fingerprint density at radius 2 is 2.04 bits per heavy atom. The molecular weight excluding hydrogens is 383 g/mol. The number of carbonyl (C=O) groups is 1. The van der Waals surface area contributed by atoms with Crippen LogP contribution in [-0.4, -0.2) is 45.3 Å². The number of rotatable bonds is 11. The van der Waals surface area contributed by atoms with Crippen molar-refractivity contribution in [1.29, 1.82) is 0 Å². The molecule has 0 saturated carbocycles. The fourth-order valence-electron chi connectivity index (χ4n) is 2.47. The second kappa shape index (κ2) is 9.52. The molecule has 11 heteroatoms. The third-order valence-corrected chi connectivity index (χ3v) is 5.60. The van der Waals surface area contributed by atoms with E-state index in [2.05, 4.69) is 20.0 Å². The van der Waals surface area contributed by atoms with Crippen LogP contribution in [0.4, 0.5) is 5.82 Å². The van der Waals surface area contributed by atoms with Gasteiger partial charge in [0.05, 0.1) is 26.1 Å². The molecule has 1 aromatic carbocycles. The van der Waals surface area contributed by atoms with E-state index in [-0.39, 0.29) is 26.1 Å². The van der Waals surface area contributed by atoms with E-state index in [4.69, 9.17) is 15.0 Å². The maximum absolute atomic E-state index is 12.9. The van der Waals surface area contributed by atoms with Crippen LogP contribution >= 0.6 is 7.52 Å². The number of aromatic nitrogens is 4. The maximum Gasteiger partial charge on any atom is 0.295 e. The van der Waals surface area contributed by atoms with Crippen molar-refractivity contribution in [2.45, 2.75) is 13.2 Å². The molecule has 0 fully saturated rings. The second-order valence-electron chi connectivity index (χ2n) is 5.87. The van der Waals surface area contributed by atoms with Crippen LogP contribution in [-0.2, 0) is 31.8 Å². The zero-order chi connectivity index (χ0) is 19.8. The van der Waals surface area contributed by atoms with Crippen LogP contribution in [0.5, 0.6) is 0 Å². The summed E-state index contributed by atoms with van der Waals surface area (Å²) in [6.07, 6.45) is 3.42. The number of nitrogen functional groups attached to an aromatic ring is 1. The lowest BCUT2D eigenvalue weighted by atomic mass is 10.2. The third-order valence-electron chi connectivity index (χ3n) is 3.87. The van der Waals surface area contributed by atoms with Crippen molar-refractivity contribution in [3.8, 4) is 0 Å². The molecule has 10 nitrogen and oxygen atoms in total. The molecule has 0 bridgehead atoms. The molecule has 28 heavy (non-hydrogen) atoms. The zero-order valence-electron chi connectivity index (χ0n) is 15.1. The topological polar surface area (TPSA) is 134 Å². The van der Waals surface area contributed by atoms with Gasteiger partial charge in [0, 0.05) is 6.54 Å². The predicted molar refractivity (Wildman–Crippen MR) is 103 cm³/mol. The van der Waals surface area contributed by atoms with E-state index in [1.807, 2.05) is 30.3 Å². The van der Waals surface area contributed by atoms with E-state index >= 15 is 0 Å². The molecule has 148 valence electrons. The van der Waals surface area contributed by atoms with Crippen molar-refractivity contribution in [3.63, 3.8) is 0 Å². The van der Waals surface area contributed by atoms with Crippen LogP contribution in [0.15, 0.2) is 43.0 Å². The number of anilines is 1. The maximum atomic E-state index is 12.9. The number of nitrogens with zero attached hydrogens (tertiary/aromatic N) is 4. The first-order valence-corrected chi connectivity index (χ1v) is 10.4. The number of benzene rings is 1. The SMILES string of the molecule is Nc1ncnc2c1ncn2CCOCP(=O)(NCC=O)OCc1ccccc1. The summed E-state index contributed by atoms with van der Waals surface area (Å²) in [4.78, 5) is 22.9. The summed E-state index contributed by atoms with van der Waals surface area (Å²) in [5.74, 6) is 0.307. The molecule has 1 unspecified atom stereocenters. The molecule has 2 aromatic heterocycles. The number of nitrogens with two attached hydrogens (primary N) is 1. The molecule has 1 atom stereocenters. The van der Waals surface area contributed by atoms with Gasteiger partial charge in [-0.3, -0.25) is 4.57 Å². The molecule has 0 aliphatic rings. The molecular formula is C17H21N6O4P. The highest BCUT2D eigenvalue weighted by atomic mass is 31.2. The van der Waals surface area contributed by atoms with Gasteiger partial charge in [0.2, 0.25) is 0 Å². The largest absolute Gasteiger partial charge is 0.382 e. The molecule has 3 N–H and O–H groups in total. The van der Waals surface area contributed by atoms with E-state index in [0.29, 0.717) is 29.8 Å². The van der Waals surface area contributed by atoms with Gasteiger partial charge in [-0.05, 0) is 5.56 Å². The number of imidazole rings is 1. The van der Waals surface area contributed by atoms with Gasteiger partial charge in [-0.2, -0.15) is 0 Å². The van der Waals surface area contributed by atoms with Gasteiger partial charge in [-0.1, -0.05) is 30.3 Å². The lowest BCUT2D eigenvalue weighted by Crippen LogP contribution is -2.19. The number of hydrogen-bond donors (Lipinski definition) is 2. The molecule has 0 amide bonds. The number of hydrogen-bond acceptors (Lipinski definition) is 8. The Morgan fingerprint density at radius 1 is 1.21 bits per heavy atom. The Morgan fingerprint density at radius 3 is 2.82 bits per heavy atom. The summed E-state index contributed by atoms with van der Waals surface area (Å²) in [5, 5.41) is 2.63. The number of nitrogens with one attached hydrogen (secondary N) is 1. The molecule has 0 aliphatic heterocycles. The van der Waals surface area contributed by atoms with Crippen LogP contribution < -0.4 is 10.8 Å². The van der Waals surface area contributed by atoms with Crippen LogP contribution in [0.2, 0.25) is 0 Å². The van der Waals surface area contributed by atoms with E-state index in [1.54, 1.807) is 10.9 Å². The first kappa shape index (κ1) is 20.1. The van der Waals surface area contributed by atoms with Gasteiger partial charge >= 0.3 is 0 Å². The molecule has 0 aliphatic carbocycles. The van der Waals surface area contributed by atoms with Gasteiger partial charge in [0.15, 0.2) is 11.5 Å². The monoisotopic (exact) mass is 404 g/mol. The molecule has 3 aromatic rings. The zero-order valence-corrected chi connectivity index (χ0v) is 16.0. The van der Waals surface area contributed by atoms with E-state index in [9.17, 15) is 9.36 Å². The summed E-state index contributed by atoms with van der Waals surface area (Å²) in [7, 11) is -3.34. The van der Waals surface area contributed by atoms with Crippen molar-refractivity contribution in [3.05, 3.63) is 48.5 Å². The highest BCUT2D eigenvalue weighted by molar-refractivity contribution is 7.56. The second-order valence-corrected chi connectivity index (χ2v) is 8.05. The number of ether oxygens (including phenoxy) is 1. The van der Waals surface area contributed by atoms with Crippen molar-refractivity contribution in [2.75, 3.05) is 25.2 Å². The first-order chi connectivity index (χ1) is 13.6. The predicted octanol–water partition coefficient (Wildman–Crippen LogP) is 1.58. The normalized spacial score (nSPS) is 13.4. The minimum Gasteiger partial charge on any atom is -0.382 e. The molecule has 2 heterocycles. The summed E-state index contributed by atoms with van der Waals surface area (Å²) in [5.41, 5.74) is 7.75. The van der Waals surface area contributed by atoms with Gasteiger partial charge in [-0.25, -0.2) is 20.0 Å². The average molecular weight is 404 g/mol. The van der Waals surface area contributed by atoms with Gasteiger partial charge in [-0.15, -0.1) is 0 Å². The Labute approximate surface area is 161 Å². The average Bonchev–Trinajstić information content (AvgIpc) is 3.14. The van der Waals surface area contributed by atoms with E-state index in [1.165, 1.54) is 6.33 Å². The van der Waals surface area contributed by atoms with Crippen molar-refractivity contribution in [2.24, 2.45) is 0 Å². The standard InChI is InChI=1S/C17H21N6O4P/c18-16-15-17(20-11-19-16)23(12-21-15)7-9-26-13-28(25,22-6-8-24)27-10-14-4-2-1-3-5-14/h1-5,8,11-12H,6-7,9-10,13H2,(H,22,25)(H2,18,19,20). The smallest absolute Gasteiger partial charge is 0.295 e. The van der Waals surface area contributed by atoms with Crippen LogP contribution in [0.3, 0.4) is 0 Å². The summed E-state index contributed by atoms with van der Waals surface area (Å²) in [6.45, 7) is 0.740. The Bertz CT molecular complexity index is 965. The van der Waals surface area contributed by atoms with Crippen LogP contribution in [0, 0.1) is 0 Å². The fourth-order valence-corrected chi connectivity index (χ4v) is 3.80. The van der Waals surface area contributed by atoms with Crippen molar-refractivity contribution >= 4 is 30.8 Å². The molecule has 0 saturated heterocycles. The lowest BCUT2D eigenvalue weighted by Gasteiger charge is -2.19. The lowest BCUT2D eigenvalue weighted by molar-refractivity contribution is -0.107. The minimum absolute atomic E-state index is 0.0855. The third kappa shape index (κ3) is 5.20. The van der Waals surface area contributed by atoms with Crippen LogP contribution in [0.1, 0.15) is 5.56 Å². The molecule has 3 rings (SSSR count). The Hall–Kier alpha value is -2.65. The van der Waals surface area contributed by atoms with Crippen molar-refractivity contribution < 1.29 is 18.6 Å². The number of fused-ring (bicyclic) bond motifs is 1. The highest BCUT2D eigenvalue weighted by Crippen LogP contribution is 2.42. The van der Waals surface area contributed by atoms with Crippen LogP contribution in [0.25, 0.3) is 11.2 Å². The van der Waals surface area contributed by atoms with Gasteiger partial charge in [0.25, 0.3) is 7.52 Å². The number of aldehydes is 1. The quantitative estimate of drug-likeness (QED) is 0.277.